The van der Waals surface area contributed by atoms with Gasteiger partial charge in [0.1, 0.15) is 29.2 Å². The predicted molar refractivity (Wildman–Crippen MR) is 138 cm³/mol. The topological polar surface area (TPSA) is 103 Å². The van der Waals surface area contributed by atoms with E-state index in [4.69, 9.17) is 18.6 Å². The van der Waals surface area contributed by atoms with Crippen LogP contribution in [0.4, 0.5) is 5.82 Å². The number of aliphatic carboxylic acids is 1. The number of aromatic nitrogens is 1. The summed E-state index contributed by atoms with van der Waals surface area (Å²) in [6, 6.07) is 21.2. The molecular formula is C29H28N2O6. The summed E-state index contributed by atoms with van der Waals surface area (Å²) < 4.78 is 23.1. The van der Waals surface area contributed by atoms with Gasteiger partial charge < -0.3 is 29.1 Å². The largest absolute Gasteiger partial charge is 0.493 e. The van der Waals surface area contributed by atoms with Gasteiger partial charge in [0.2, 0.25) is 6.79 Å². The fourth-order valence-electron chi connectivity index (χ4n) is 4.76. The number of carboxylic acids is 1. The van der Waals surface area contributed by atoms with E-state index in [0.717, 1.165) is 28.0 Å². The fourth-order valence-corrected chi connectivity index (χ4v) is 4.76. The maximum absolute atomic E-state index is 12.1. The van der Waals surface area contributed by atoms with Crippen LogP contribution in [-0.2, 0) is 32.5 Å². The second-order valence-corrected chi connectivity index (χ2v) is 8.90. The third-order valence-electron chi connectivity index (χ3n) is 6.50. The first-order valence-corrected chi connectivity index (χ1v) is 12.1. The molecule has 8 heteroatoms. The van der Waals surface area contributed by atoms with Crippen LogP contribution in [0.2, 0.25) is 0 Å². The minimum absolute atomic E-state index is 0.0470. The number of allylic oxidation sites excluding steroid dienone is 1. The average molecular weight is 501 g/mol. The third-order valence-corrected chi connectivity index (χ3v) is 6.50. The zero-order valence-electron chi connectivity index (χ0n) is 20.5. The first kappa shape index (κ1) is 24.2. The van der Waals surface area contributed by atoms with Crippen molar-refractivity contribution in [2.45, 2.75) is 24.7 Å². The Bertz CT molecular complexity index is 1410. The lowest BCUT2D eigenvalue weighted by atomic mass is 9.71. The minimum atomic E-state index is -1.01. The van der Waals surface area contributed by atoms with E-state index in [9.17, 15) is 9.90 Å². The zero-order valence-corrected chi connectivity index (χ0v) is 20.5. The molecule has 8 nitrogen and oxygen atoms in total. The average Bonchev–Trinajstić information content (AvgIpc) is 3.60. The van der Waals surface area contributed by atoms with Gasteiger partial charge in [-0.3, -0.25) is 4.79 Å². The second-order valence-electron chi connectivity index (χ2n) is 8.90. The van der Waals surface area contributed by atoms with Crippen LogP contribution in [0.3, 0.4) is 0 Å². The highest BCUT2D eigenvalue weighted by Crippen LogP contribution is 2.45. The zero-order chi connectivity index (χ0) is 25.7. The van der Waals surface area contributed by atoms with Crippen LogP contribution >= 0.6 is 0 Å². The molecule has 2 aromatic carbocycles. The highest BCUT2D eigenvalue weighted by Gasteiger charge is 2.44. The maximum atomic E-state index is 12.1. The van der Waals surface area contributed by atoms with Crippen molar-refractivity contribution in [2.75, 3.05) is 25.8 Å². The van der Waals surface area contributed by atoms with Crippen LogP contribution in [0.25, 0.3) is 11.0 Å². The molecule has 0 saturated heterocycles. The molecule has 2 N–H and O–H groups in total. The van der Waals surface area contributed by atoms with Gasteiger partial charge in [-0.05, 0) is 36.2 Å². The first-order valence-electron chi connectivity index (χ1n) is 12.1. The number of carbonyl (C=O) groups is 1. The summed E-state index contributed by atoms with van der Waals surface area (Å²) in [5.74, 6) is 0.995. The van der Waals surface area contributed by atoms with Crippen molar-refractivity contribution in [3.8, 4) is 5.75 Å². The Morgan fingerprint density at radius 1 is 1.14 bits per heavy atom. The van der Waals surface area contributed by atoms with Gasteiger partial charge >= 0.3 is 5.97 Å². The Labute approximate surface area is 214 Å². The molecule has 190 valence electrons. The number of anilines is 1. The van der Waals surface area contributed by atoms with E-state index < -0.39 is 11.4 Å². The molecule has 0 amide bonds. The summed E-state index contributed by atoms with van der Waals surface area (Å²) in [6.45, 7) is 0.500. The number of furan rings is 1. The lowest BCUT2D eigenvalue weighted by molar-refractivity contribution is -0.138. The molecule has 4 aromatic rings. The van der Waals surface area contributed by atoms with Crippen molar-refractivity contribution in [1.29, 1.82) is 0 Å². The van der Waals surface area contributed by atoms with E-state index in [1.807, 2.05) is 73.8 Å². The number of benzene rings is 2. The molecule has 1 unspecified atom stereocenters. The molecule has 5 rings (SSSR count). The Morgan fingerprint density at radius 2 is 2.00 bits per heavy atom. The molecule has 0 aliphatic carbocycles. The number of ether oxygens (including phenoxy) is 3. The fraction of sp³-hybridized carbons (Fsp3) is 0.241. The number of fused-ring (bicyclic) bond motifs is 1. The molecular weight excluding hydrogens is 472 g/mol. The van der Waals surface area contributed by atoms with Crippen LogP contribution in [-0.4, -0.2) is 36.5 Å². The molecule has 0 fully saturated rings. The van der Waals surface area contributed by atoms with Gasteiger partial charge in [-0.1, -0.05) is 36.4 Å². The number of nitrogens with zero attached hydrogens (tertiary/aromatic N) is 1. The molecule has 1 aliphatic rings. The van der Waals surface area contributed by atoms with Gasteiger partial charge in [0, 0.05) is 36.2 Å². The predicted octanol–water partition coefficient (Wildman–Crippen LogP) is 5.29. The molecule has 0 bridgehead atoms. The van der Waals surface area contributed by atoms with Crippen LogP contribution in [0.1, 0.15) is 23.2 Å². The molecule has 1 atom stereocenters. The van der Waals surface area contributed by atoms with Crippen molar-refractivity contribution in [1.82, 2.24) is 4.98 Å². The van der Waals surface area contributed by atoms with Crippen molar-refractivity contribution < 1.29 is 28.5 Å². The summed E-state index contributed by atoms with van der Waals surface area (Å²) in [6.07, 6.45) is 4.00. The number of hydrogen-bond acceptors (Lipinski definition) is 7. The second kappa shape index (κ2) is 10.7. The monoisotopic (exact) mass is 500 g/mol. The molecule has 0 saturated carbocycles. The van der Waals surface area contributed by atoms with Crippen molar-refractivity contribution >= 4 is 22.8 Å². The molecule has 2 aromatic heterocycles. The SMILES string of the molecule is CNc1cccc(CCOc2ccc3c(C(CC(=O)O)(Cc4ccccc4)C4=COCO4)coc3c2)n1. The molecule has 3 heterocycles. The van der Waals surface area contributed by atoms with Crippen molar-refractivity contribution in [3.05, 3.63) is 102 Å². The summed E-state index contributed by atoms with van der Waals surface area (Å²) in [5, 5.41) is 13.8. The van der Waals surface area contributed by atoms with E-state index in [2.05, 4.69) is 10.3 Å². The van der Waals surface area contributed by atoms with E-state index in [1.54, 1.807) is 6.26 Å². The Balaban J connectivity index is 1.44. The quantitative estimate of drug-likeness (QED) is 0.286. The lowest BCUT2D eigenvalue weighted by Gasteiger charge is -2.32. The van der Waals surface area contributed by atoms with Gasteiger partial charge in [0.05, 0.1) is 24.7 Å². The van der Waals surface area contributed by atoms with E-state index >= 15 is 0 Å². The number of hydrogen-bond donors (Lipinski definition) is 2. The normalized spacial score (nSPS) is 14.4. The van der Waals surface area contributed by atoms with E-state index in [1.165, 1.54) is 6.26 Å². The number of pyridine rings is 1. The molecule has 1 aliphatic heterocycles. The van der Waals surface area contributed by atoms with E-state index in [-0.39, 0.29) is 13.2 Å². The highest BCUT2D eigenvalue weighted by molar-refractivity contribution is 5.85. The summed E-state index contributed by atoms with van der Waals surface area (Å²) in [5.41, 5.74) is 2.22. The van der Waals surface area contributed by atoms with Crippen molar-refractivity contribution in [2.24, 2.45) is 0 Å². The van der Waals surface area contributed by atoms with Gasteiger partial charge in [-0.15, -0.1) is 0 Å². The summed E-state index contributed by atoms with van der Waals surface area (Å²) in [4.78, 5) is 16.7. The van der Waals surface area contributed by atoms with Gasteiger partial charge in [-0.25, -0.2) is 4.98 Å². The number of rotatable bonds is 11. The number of nitrogens with one attached hydrogen (secondary N) is 1. The number of carboxylic acid groups (broad SMARTS) is 1. The minimum Gasteiger partial charge on any atom is -0.493 e. The standard InChI is InChI=1S/C29H28N2O6/c1-30-27-9-5-8-21(31-27)12-13-35-22-10-11-23-24(17-36-25(23)14-22)29(16-28(32)33,26-18-34-19-37-26)15-20-6-3-2-4-7-20/h2-11,14,17-18H,12-13,15-16,19H2,1H3,(H,30,31)(H,32,33). The molecule has 0 radical (unpaired) electrons. The van der Waals surface area contributed by atoms with Crippen LogP contribution in [0.5, 0.6) is 5.75 Å². The third kappa shape index (κ3) is 5.23. The Hall–Kier alpha value is -4.46. The summed E-state index contributed by atoms with van der Waals surface area (Å²) in [7, 11) is 1.84. The van der Waals surface area contributed by atoms with Crippen LogP contribution in [0, 0.1) is 0 Å². The maximum Gasteiger partial charge on any atom is 0.304 e. The summed E-state index contributed by atoms with van der Waals surface area (Å²) >= 11 is 0. The van der Waals surface area contributed by atoms with Crippen LogP contribution in [0.15, 0.2) is 89.4 Å². The highest BCUT2D eigenvalue weighted by atomic mass is 16.7. The lowest BCUT2D eigenvalue weighted by Crippen LogP contribution is -2.34. The first-order chi connectivity index (χ1) is 18.1. The van der Waals surface area contributed by atoms with Crippen molar-refractivity contribution in [3.63, 3.8) is 0 Å². The van der Waals surface area contributed by atoms with Crippen LogP contribution < -0.4 is 10.1 Å². The van der Waals surface area contributed by atoms with E-state index in [0.29, 0.717) is 36.5 Å². The Morgan fingerprint density at radius 3 is 2.76 bits per heavy atom. The van der Waals surface area contributed by atoms with Gasteiger partial charge in [0.15, 0.2) is 0 Å². The van der Waals surface area contributed by atoms with Gasteiger partial charge in [-0.2, -0.15) is 0 Å². The molecule has 0 spiro atoms. The van der Waals surface area contributed by atoms with Gasteiger partial charge in [0.25, 0.3) is 0 Å². The smallest absolute Gasteiger partial charge is 0.304 e. The molecule has 37 heavy (non-hydrogen) atoms. The Kier molecular flexibility index (Phi) is 6.98.